The highest BCUT2D eigenvalue weighted by atomic mass is 15.2. The summed E-state index contributed by atoms with van der Waals surface area (Å²) in [4.78, 5) is 4.65. The summed E-state index contributed by atoms with van der Waals surface area (Å²) in [6.07, 6.45) is 0. The summed E-state index contributed by atoms with van der Waals surface area (Å²) in [6.45, 7) is 7.95. The molecule has 0 aromatic rings. The molecule has 0 aromatic heterocycles. The molecule has 1 atom stereocenters. The molecule has 0 amide bonds. The van der Waals surface area contributed by atoms with Crippen LogP contribution in [0.4, 0.5) is 0 Å². The molecule has 1 rings (SSSR count). The highest BCUT2D eigenvalue weighted by Crippen LogP contribution is 2.12. The molecule has 1 fully saturated rings. The molecule has 3 heteroatoms. The molecule has 0 bridgehead atoms. The second kappa shape index (κ2) is 3.95. The fourth-order valence-corrected chi connectivity index (χ4v) is 2.30. The van der Waals surface area contributed by atoms with E-state index in [-0.39, 0.29) is 5.54 Å². The molecule has 0 spiro atoms. The van der Waals surface area contributed by atoms with E-state index in [0.717, 1.165) is 19.6 Å². The summed E-state index contributed by atoms with van der Waals surface area (Å²) in [5, 5.41) is 3.67. The topological polar surface area (TPSA) is 18.5 Å². The van der Waals surface area contributed by atoms with E-state index in [4.69, 9.17) is 0 Å². The summed E-state index contributed by atoms with van der Waals surface area (Å²) in [6, 6.07) is 0.601. The number of hydrogen-bond donors (Lipinski definition) is 1. The Morgan fingerprint density at radius 3 is 2.54 bits per heavy atom. The molecular formula is C10H23N3. The smallest absolute Gasteiger partial charge is 0.0327 e. The maximum atomic E-state index is 3.67. The SMILES string of the molecule is CN(C)CC1CN(C)CC(C)(C)N1. The van der Waals surface area contributed by atoms with E-state index < -0.39 is 0 Å². The molecule has 1 unspecified atom stereocenters. The van der Waals surface area contributed by atoms with Gasteiger partial charge in [0, 0.05) is 31.2 Å². The van der Waals surface area contributed by atoms with E-state index in [1.165, 1.54) is 0 Å². The summed E-state index contributed by atoms with van der Waals surface area (Å²) in [5.41, 5.74) is 0.258. The van der Waals surface area contributed by atoms with Gasteiger partial charge in [-0.1, -0.05) is 0 Å². The van der Waals surface area contributed by atoms with Gasteiger partial charge in [-0.3, -0.25) is 0 Å². The maximum Gasteiger partial charge on any atom is 0.0327 e. The van der Waals surface area contributed by atoms with Gasteiger partial charge in [-0.2, -0.15) is 0 Å². The molecule has 0 aromatic carbocycles. The van der Waals surface area contributed by atoms with Crippen molar-refractivity contribution in [2.45, 2.75) is 25.4 Å². The van der Waals surface area contributed by atoms with Crippen LogP contribution in [-0.4, -0.2) is 62.2 Å². The van der Waals surface area contributed by atoms with Crippen LogP contribution >= 0.6 is 0 Å². The first-order valence-corrected chi connectivity index (χ1v) is 5.00. The minimum absolute atomic E-state index is 0.258. The lowest BCUT2D eigenvalue weighted by Crippen LogP contribution is -2.63. The molecule has 0 radical (unpaired) electrons. The number of nitrogens with zero attached hydrogens (tertiary/aromatic N) is 2. The number of nitrogens with one attached hydrogen (secondary N) is 1. The summed E-state index contributed by atoms with van der Waals surface area (Å²) in [7, 11) is 6.46. The third-order valence-corrected chi connectivity index (χ3v) is 2.38. The highest BCUT2D eigenvalue weighted by molar-refractivity contribution is 4.92. The van der Waals surface area contributed by atoms with Gasteiger partial charge in [0.2, 0.25) is 0 Å². The van der Waals surface area contributed by atoms with Gasteiger partial charge in [-0.25, -0.2) is 0 Å². The van der Waals surface area contributed by atoms with Crippen molar-refractivity contribution in [2.75, 3.05) is 40.8 Å². The normalized spacial score (nSPS) is 29.5. The minimum atomic E-state index is 0.258. The Hall–Kier alpha value is -0.120. The Balaban J connectivity index is 2.48. The van der Waals surface area contributed by atoms with E-state index >= 15 is 0 Å². The first kappa shape index (κ1) is 11.0. The van der Waals surface area contributed by atoms with Crippen molar-refractivity contribution in [2.24, 2.45) is 0 Å². The Kier molecular flexibility index (Phi) is 3.33. The highest BCUT2D eigenvalue weighted by Gasteiger charge is 2.29. The van der Waals surface area contributed by atoms with Crippen LogP contribution in [0.25, 0.3) is 0 Å². The van der Waals surface area contributed by atoms with Crippen LogP contribution in [0.3, 0.4) is 0 Å². The fourth-order valence-electron chi connectivity index (χ4n) is 2.30. The second-order valence-electron chi connectivity index (χ2n) is 5.18. The molecule has 0 saturated carbocycles. The lowest BCUT2D eigenvalue weighted by Gasteiger charge is -2.43. The Bertz CT molecular complexity index is 164. The standard InChI is InChI=1S/C10H23N3/c1-10(2)8-13(5)7-9(11-10)6-12(3)4/h9,11H,6-8H2,1-5H3. The first-order valence-electron chi connectivity index (χ1n) is 5.00. The molecule has 1 aliphatic heterocycles. The molecule has 3 nitrogen and oxygen atoms in total. The maximum absolute atomic E-state index is 3.67. The van der Waals surface area contributed by atoms with E-state index in [9.17, 15) is 0 Å². The average Bonchev–Trinajstić information content (AvgIpc) is 1.78. The lowest BCUT2D eigenvalue weighted by atomic mass is 9.99. The number of likely N-dealkylation sites (N-methyl/N-ethyl adjacent to an activating group) is 2. The van der Waals surface area contributed by atoms with Crippen LogP contribution in [0.15, 0.2) is 0 Å². The summed E-state index contributed by atoms with van der Waals surface area (Å²) < 4.78 is 0. The first-order chi connectivity index (χ1) is 5.89. The van der Waals surface area contributed by atoms with Gasteiger partial charge in [-0.05, 0) is 35.0 Å². The molecular weight excluding hydrogens is 162 g/mol. The molecule has 1 N–H and O–H groups in total. The zero-order valence-corrected chi connectivity index (χ0v) is 9.59. The zero-order valence-electron chi connectivity index (χ0n) is 9.59. The van der Waals surface area contributed by atoms with Crippen LogP contribution in [0.1, 0.15) is 13.8 Å². The Morgan fingerprint density at radius 2 is 2.08 bits per heavy atom. The van der Waals surface area contributed by atoms with E-state index in [0.29, 0.717) is 6.04 Å². The van der Waals surface area contributed by atoms with Gasteiger partial charge in [0.15, 0.2) is 0 Å². The van der Waals surface area contributed by atoms with Crippen molar-refractivity contribution in [3.8, 4) is 0 Å². The molecule has 78 valence electrons. The van der Waals surface area contributed by atoms with Gasteiger partial charge >= 0.3 is 0 Å². The third-order valence-electron chi connectivity index (χ3n) is 2.38. The van der Waals surface area contributed by atoms with Crippen molar-refractivity contribution in [3.63, 3.8) is 0 Å². The van der Waals surface area contributed by atoms with Gasteiger partial charge < -0.3 is 15.1 Å². The van der Waals surface area contributed by atoms with Crippen LogP contribution in [-0.2, 0) is 0 Å². The van der Waals surface area contributed by atoms with Gasteiger partial charge in [0.25, 0.3) is 0 Å². The van der Waals surface area contributed by atoms with E-state index in [1.807, 2.05) is 0 Å². The summed E-state index contributed by atoms with van der Waals surface area (Å²) in [5.74, 6) is 0. The number of rotatable bonds is 2. The Labute approximate surface area is 82.1 Å². The van der Waals surface area contributed by atoms with Gasteiger partial charge in [0.05, 0.1) is 0 Å². The predicted molar refractivity (Wildman–Crippen MR) is 57.1 cm³/mol. The monoisotopic (exact) mass is 185 g/mol. The van der Waals surface area contributed by atoms with Crippen LogP contribution in [0.5, 0.6) is 0 Å². The third kappa shape index (κ3) is 3.63. The van der Waals surface area contributed by atoms with Crippen molar-refractivity contribution in [1.29, 1.82) is 0 Å². The number of hydrogen-bond acceptors (Lipinski definition) is 3. The number of piperazine rings is 1. The quantitative estimate of drug-likeness (QED) is 0.664. The van der Waals surface area contributed by atoms with Gasteiger partial charge in [0.1, 0.15) is 0 Å². The summed E-state index contributed by atoms with van der Waals surface area (Å²) >= 11 is 0. The van der Waals surface area contributed by atoms with E-state index in [1.54, 1.807) is 0 Å². The van der Waals surface area contributed by atoms with Gasteiger partial charge in [-0.15, -0.1) is 0 Å². The molecule has 0 aliphatic carbocycles. The van der Waals surface area contributed by atoms with E-state index in [2.05, 4.69) is 50.1 Å². The molecule has 1 heterocycles. The largest absolute Gasteiger partial charge is 0.308 e. The van der Waals surface area contributed by atoms with Crippen molar-refractivity contribution in [1.82, 2.24) is 15.1 Å². The van der Waals surface area contributed by atoms with Crippen molar-refractivity contribution < 1.29 is 0 Å². The minimum Gasteiger partial charge on any atom is -0.308 e. The predicted octanol–water partition coefficient (Wildman–Crippen LogP) is 0.230. The second-order valence-corrected chi connectivity index (χ2v) is 5.18. The van der Waals surface area contributed by atoms with Crippen LogP contribution in [0.2, 0.25) is 0 Å². The fraction of sp³-hybridized carbons (Fsp3) is 1.00. The van der Waals surface area contributed by atoms with Crippen LogP contribution in [0, 0.1) is 0 Å². The molecule has 1 aliphatic rings. The van der Waals surface area contributed by atoms with Crippen LogP contribution < -0.4 is 5.32 Å². The van der Waals surface area contributed by atoms with Crippen molar-refractivity contribution in [3.05, 3.63) is 0 Å². The Morgan fingerprint density at radius 1 is 1.46 bits per heavy atom. The zero-order chi connectivity index (χ0) is 10.1. The lowest BCUT2D eigenvalue weighted by molar-refractivity contribution is 0.126. The molecule has 13 heavy (non-hydrogen) atoms. The average molecular weight is 185 g/mol. The van der Waals surface area contributed by atoms with Crippen molar-refractivity contribution >= 4 is 0 Å². The molecule has 1 saturated heterocycles.